The highest BCUT2D eigenvalue weighted by Gasteiger charge is 2.19. The molecule has 0 aromatic heterocycles. The van der Waals surface area contributed by atoms with E-state index >= 15 is 0 Å². The van der Waals surface area contributed by atoms with Gasteiger partial charge in [0.05, 0.1) is 0 Å². The molecule has 0 saturated carbocycles. The standard InChI is InChI=1S/C9H16N2O2S/c1-9(2,3)13-8(12)11-7-10-5-4-6-14-7/h4,6-7,10H,5H2,1-3H3,(H,11,12). The molecular formula is C9H16N2O2S. The van der Waals surface area contributed by atoms with Crippen molar-refractivity contribution in [1.29, 1.82) is 0 Å². The van der Waals surface area contributed by atoms with Gasteiger partial charge in [0.25, 0.3) is 0 Å². The minimum Gasteiger partial charge on any atom is -0.444 e. The number of thioether (sulfide) groups is 1. The lowest BCUT2D eigenvalue weighted by molar-refractivity contribution is 0.0517. The molecule has 1 atom stereocenters. The van der Waals surface area contributed by atoms with E-state index in [1.54, 1.807) is 0 Å². The largest absolute Gasteiger partial charge is 0.444 e. The van der Waals surface area contributed by atoms with Crippen molar-refractivity contribution in [3.63, 3.8) is 0 Å². The van der Waals surface area contributed by atoms with Crippen LogP contribution in [0.15, 0.2) is 11.5 Å². The summed E-state index contributed by atoms with van der Waals surface area (Å²) >= 11 is 1.51. The lowest BCUT2D eigenvalue weighted by Crippen LogP contribution is -2.45. The van der Waals surface area contributed by atoms with Crippen LogP contribution in [0.2, 0.25) is 0 Å². The summed E-state index contributed by atoms with van der Waals surface area (Å²) in [4.78, 5) is 11.3. The first-order chi connectivity index (χ1) is 6.47. The van der Waals surface area contributed by atoms with Crippen LogP contribution in [0, 0.1) is 0 Å². The number of carbonyl (C=O) groups is 1. The molecule has 1 aliphatic heterocycles. The van der Waals surface area contributed by atoms with Gasteiger partial charge in [-0.1, -0.05) is 17.8 Å². The number of hydrogen-bond donors (Lipinski definition) is 2. The average Bonchev–Trinajstić information content (AvgIpc) is 2.02. The molecule has 0 aliphatic carbocycles. The minimum atomic E-state index is -0.445. The van der Waals surface area contributed by atoms with Gasteiger partial charge in [-0.3, -0.25) is 10.6 Å². The van der Waals surface area contributed by atoms with Crippen molar-refractivity contribution in [3.8, 4) is 0 Å². The van der Waals surface area contributed by atoms with E-state index < -0.39 is 11.7 Å². The van der Waals surface area contributed by atoms with Gasteiger partial charge in [0, 0.05) is 6.54 Å². The van der Waals surface area contributed by atoms with E-state index in [-0.39, 0.29) is 5.50 Å². The molecular weight excluding hydrogens is 200 g/mol. The van der Waals surface area contributed by atoms with Crippen molar-refractivity contribution in [3.05, 3.63) is 11.5 Å². The van der Waals surface area contributed by atoms with Gasteiger partial charge in [0.15, 0.2) is 0 Å². The molecule has 0 aromatic rings. The van der Waals surface area contributed by atoms with Gasteiger partial charge in [0.2, 0.25) is 0 Å². The van der Waals surface area contributed by atoms with Gasteiger partial charge in [-0.2, -0.15) is 0 Å². The van der Waals surface area contributed by atoms with Gasteiger partial charge >= 0.3 is 6.09 Å². The molecule has 14 heavy (non-hydrogen) atoms. The second-order valence-electron chi connectivity index (χ2n) is 3.94. The van der Waals surface area contributed by atoms with Crippen LogP contribution >= 0.6 is 11.8 Å². The highest BCUT2D eigenvalue weighted by molar-refractivity contribution is 8.02. The Morgan fingerprint density at radius 3 is 2.86 bits per heavy atom. The summed E-state index contributed by atoms with van der Waals surface area (Å²) < 4.78 is 5.11. The van der Waals surface area contributed by atoms with Crippen LogP contribution in [0.4, 0.5) is 4.79 Å². The van der Waals surface area contributed by atoms with Gasteiger partial charge in [-0.05, 0) is 26.2 Å². The molecule has 0 radical (unpaired) electrons. The fourth-order valence-corrected chi connectivity index (χ4v) is 1.63. The summed E-state index contributed by atoms with van der Waals surface area (Å²) in [5.41, 5.74) is -0.533. The van der Waals surface area contributed by atoms with Crippen molar-refractivity contribution < 1.29 is 9.53 Å². The lowest BCUT2D eigenvalue weighted by Gasteiger charge is -2.24. The van der Waals surface area contributed by atoms with E-state index in [1.807, 2.05) is 32.3 Å². The Morgan fingerprint density at radius 1 is 1.64 bits per heavy atom. The molecule has 0 aromatic carbocycles. The Kier molecular flexibility index (Phi) is 3.83. The first-order valence-electron chi connectivity index (χ1n) is 4.51. The normalized spacial score (nSPS) is 21.8. The Hall–Kier alpha value is -0.680. The van der Waals surface area contributed by atoms with E-state index in [9.17, 15) is 4.79 Å². The van der Waals surface area contributed by atoms with Crippen LogP contribution in [-0.2, 0) is 4.74 Å². The third kappa shape index (κ3) is 4.53. The molecule has 1 rings (SSSR count). The monoisotopic (exact) mass is 216 g/mol. The summed E-state index contributed by atoms with van der Waals surface area (Å²) in [6.07, 6.45) is 1.61. The summed E-state index contributed by atoms with van der Waals surface area (Å²) in [5.74, 6) is 0. The molecule has 0 bridgehead atoms. The number of alkyl carbamates (subject to hydrolysis) is 1. The molecule has 1 heterocycles. The van der Waals surface area contributed by atoms with Gasteiger partial charge < -0.3 is 4.74 Å². The van der Waals surface area contributed by atoms with Crippen LogP contribution in [0.1, 0.15) is 20.8 Å². The van der Waals surface area contributed by atoms with E-state index in [0.717, 1.165) is 6.54 Å². The second-order valence-corrected chi connectivity index (χ2v) is 4.96. The van der Waals surface area contributed by atoms with Crippen LogP contribution in [0.3, 0.4) is 0 Å². The molecule has 0 spiro atoms. The maximum Gasteiger partial charge on any atom is 0.409 e. The first kappa shape index (κ1) is 11.4. The SMILES string of the molecule is CC(C)(C)OC(=O)NC1NCC=CS1. The van der Waals surface area contributed by atoms with E-state index in [1.165, 1.54) is 11.8 Å². The Morgan fingerprint density at radius 2 is 2.36 bits per heavy atom. The van der Waals surface area contributed by atoms with Gasteiger partial charge in [-0.25, -0.2) is 4.79 Å². The molecule has 1 amide bonds. The predicted octanol–water partition coefficient (Wildman–Crippen LogP) is 1.64. The van der Waals surface area contributed by atoms with Crippen LogP contribution in [0.25, 0.3) is 0 Å². The van der Waals surface area contributed by atoms with Crippen LogP contribution < -0.4 is 10.6 Å². The zero-order chi connectivity index (χ0) is 10.6. The average molecular weight is 216 g/mol. The molecule has 0 saturated heterocycles. The minimum absolute atomic E-state index is 0.0881. The number of hydrogen-bond acceptors (Lipinski definition) is 4. The Balaban J connectivity index is 2.30. The van der Waals surface area contributed by atoms with E-state index in [4.69, 9.17) is 4.74 Å². The van der Waals surface area contributed by atoms with E-state index in [0.29, 0.717) is 0 Å². The molecule has 0 fully saturated rings. The van der Waals surface area contributed by atoms with Crippen molar-refractivity contribution in [2.75, 3.05) is 6.54 Å². The van der Waals surface area contributed by atoms with Crippen molar-refractivity contribution in [1.82, 2.24) is 10.6 Å². The predicted molar refractivity (Wildman–Crippen MR) is 57.9 cm³/mol. The zero-order valence-electron chi connectivity index (χ0n) is 8.66. The third-order valence-electron chi connectivity index (χ3n) is 1.38. The summed E-state index contributed by atoms with van der Waals surface area (Å²) in [5, 5.41) is 7.77. The highest BCUT2D eigenvalue weighted by atomic mass is 32.2. The number of carbonyl (C=O) groups excluding carboxylic acids is 1. The first-order valence-corrected chi connectivity index (χ1v) is 5.45. The lowest BCUT2D eigenvalue weighted by atomic mass is 10.2. The number of ether oxygens (including phenoxy) is 1. The molecule has 1 unspecified atom stereocenters. The molecule has 80 valence electrons. The smallest absolute Gasteiger partial charge is 0.409 e. The summed E-state index contributed by atoms with van der Waals surface area (Å²) in [6.45, 7) is 6.29. The van der Waals surface area contributed by atoms with Crippen molar-refractivity contribution in [2.24, 2.45) is 0 Å². The fourth-order valence-electron chi connectivity index (χ4n) is 0.905. The van der Waals surface area contributed by atoms with Crippen molar-refractivity contribution in [2.45, 2.75) is 31.9 Å². The maximum absolute atomic E-state index is 11.3. The topological polar surface area (TPSA) is 50.4 Å². The van der Waals surface area contributed by atoms with Gasteiger partial charge in [-0.15, -0.1) is 0 Å². The fraction of sp³-hybridized carbons (Fsp3) is 0.667. The molecule has 2 N–H and O–H groups in total. The number of rotatable bonds is 1. The molecule has 1 aliphatic rings. The van der Waals surface area contributed by atoms with Crippen LogP contribution in [-0.4, -0.2) is 23.7 Å². The Bertz CT molecular complexity index is 235. The maximum atomic E-state index is 11.3. The van der Waals surface area contributed by atoms with Gasteiger partial charge in [0.1, 0.15) is 11.1 Å². The number of amides is 1. The number of nitrogens with one attached hydrogen (secondary N) is 2. The molecule has 4 nitrogen and oxygen atoms in total. The van der Waals surface area contributed by atoms with Crippen molar-refractivity contribution >= 4 is 17.9 Å². The Labute approximate surface area is 88.5 Å². The van der Waals surface area contributed by atoms with Crippen LogP contribution in [0.5, 0.6) is 0 Å². The van der Waals surface area contributed by atoms with E-state index in [2.05, 4.69) is 10.6 Å². The molecule has 5 heteroatoms. The second kappa shape index (κ2) is 4.70. The zero-order valence-corrected chi connectivity index (χ0v) is 9.48. The summed E-state index contributed by atoms with van der Waals surface area (Å²) in [7, 11) is 0. The highest BCUT2D eigenvalue weighted by Crippen LogP contribution is 2.12. The summed E-state index contributed by atoms with van der Waals surface area (Å²) in [6, 6.07) is 0. The quantitative estimate of drug-likeness (QED) is 0.699. The third-order valence-corrected chi connectivity index (χ3v) is 2.29.